The normalized spacial score (nSPS) is 35.0. The van der Waals surface area contributed by atoms with Crippen LogP contribution in [0.3, 0.4) is 0 Å². The first-order valence-corrected chi connectivity index (χ1v) is 5.46. The van der Waals surface area contributed by atoms with Crippen LogP contribution < -0.4 is 0 Å². The van der Waals surface area contributed by atoms with E-state index in [0.717, 1.165) is 17.9 Å². The van der Waals surface area contributed by atoms with E-state index in [2.05, 4.69) is 13.8 Å². The maximum absolute atomic E-state index is 10.3. The van der Waals surface area contributed by atoms with Crippen molar-refractivity contribution >= 4 is 11.8 Å². The van der Waals surface area contributed by atoms with E-state index < -0.39 is 5.60 Å². The number of hydrogen-bond donors (Lipinski definition) is 1. The molecule has 0 aromatic rings. The molecule has 1 aliphatic rings. The summed E-state index contributed by atoms with van der Waals surface area (Å²) in [5.74, 6) is 1.95. The highest BCUT2D eigenvalue weighted by atomic mass is 32.2. The second-order valence-corrected chi connectivity index (χ2v) is 5.26. The van der Waals surface area contributed by atoms with E-state index >= 15 is 0 Å². The van der Waals surface area contributed by atoms with Gasteiger partial charge in [0.2, 0.25) is 0 Å². The van der Waals surface area contributed by atoms with Crippen molar-refractivity contribution in [3.63, 3.8) is 0 Å². The highest BCUT2D eigenvalue weighted by molar-refractivity contribution is 7.99. The lowest BCUT2D eigenvalue weighted by Crippen LogP contribution is -2.53. The van der Waals surface area contributed by atoms with Crippen LogP contribution in [0, 0.1) is 5.41 Å². The number of ether oxygens (including phenoxy) is 1. The van der Waals surface area contributed by atoms with Gasteiger partial charge in [-0.05, 0) is 17.6 Å². The molecule has 0 aliphatic carbocycles. The molecule has 0 spiro atoms. The molecule has 0 amide bonds. The lowest BCUT2D eigenvalue weighted by molar-refractivity contribution is -0.0978. The van der Waals surface area contributed by atoms with Gasteiger partial charge < -0.3 is 9.84 Å². The fourth-order valence-electron chi connectivity index (χ4n) is 1.47. The third kappa shape index (κ3) is 1.78. The summed E-state index contributed by atoms with van der Waals surface area (Å²) in [6.45, 7) is 4.69. The topological polar surface area (TPSA) is 29.5 Å². The molecule has 1 rings (SSSR count). The van der Waals surface area contributed by atoms with E-state index in [1.54, 1.807) is 7.11 Å². The van der Waals surface area contributed by atoms with Crippen molar-refractivity contribution in [1.29, 1.82) is 0 Å². The first-order chi connectivity index (χ1) is 5.52. The Kier molecular flexibility index (Phi) is 3.07. The van der Waals surface area contributed by atoms with Gasteiger partial charge in [-0.3, -0.25) is 0 Å². The molecule has 1 saturated heterocycles. The molecule has 1 heterocycles. The van der Waals surface area contributed by atoms with Crippen molar-refractivity contribution in [2.75, 3.05) is 25.2 Å². The summed E-state index contributed by atoms with van der Waals surface area (Å²) in [4.78, 5) is 0. The highest BCUT2D eigenvalue weighted by Crippen LogP contribution is 2.42. The summed E-state index contributed by atoms with van der Waals surface area (Å²) < 4.78 is 5.06. The Morgan fingerprint density at radius 2 is 2.17 bits per heavy atom. The minimum atomic E-state index is -0.634. The quantitative estimate of drug-likeness (QED) is 0.716. The maximum atomic E-state index is 10.3. The predicted molar refractivity (Wildman–Crippen MR) is 52.5 cm³/mol. The van der Waals surface area contributed by atoms with Crippen LogP contribution in [0.15, 0.2) is 0 Å². The molecule has 12 heavy (non-hydrogen) atoms. The highest BCUT2D eigenvalue weighted by Gasteiger charge is 2.45. The first-order valence-electron chi connectivity index (χ1n) is 4.31. The fourth-order valence-corrected chi connectivity index (χ4v) is 3.08. The van der Waals surface area contributed by atoms with Gasteiger partial charge in [-0.1, -0.05) is 13.8 Å². The number of rotatable bonds is 2. The van der Waals surface area contributed by atoms with Gasteiger partial charge in [0, 0.05) is 12.9 Å². The minimum Gasteiger partial charge on any atom is -0.386 e. The Balaban J connectivity index is 2.69. The number of hydrogen-bond acceptors (Lipinski definition) is 3. The Morgan fingerprint density at radius 3 is 2.67 bits per heavy atom. The largest absolute Gasteiger partial charge is 0.386 e. The summed E-state index contributed by atoms with van der Waals surface area (Å²) in [7, 11) is 1.65. The van der Waals surface area contributed by atoms with Gasteiger partial charge in [-0.25, -0.2) is 0 Å². The number of aliphatic hydroxyl groups is 1. The van der Waals surface area contributed by atoms with E-state index in [4.69, 9.17) is 4.74 Å². The Bertz CT molecular complexity index is 155. The molecule has 0 aromatic carbocycles. The van der Waals surface area contributed by atoms with Crippen molar-refractivity contribution < 1.29 is 9.84 Å². The first kappa shape index (κ1) is 10.4. The molecule has 72 valence electrons. The maximum Gasteiger partial charge on any atom is 0.102 e. The van der Waals surface area contributed by atoms with E-state index in [1.165, 1.54) is 0 Å². The lowest BCUT2D eigenvalue weighted by atomic mass is 9.74. The van der Waals surface area contributed by atoms with Crippen LogP contribution in [-0.4, -0.2) is 35.9 Å². The molecule has 1 aliphatic heterocycles. The molecular weight excluding hydrogens is 172 g/mol. The summed E-state index contributed by atoms with van der Waals surface area (Å²) in [5.41, 5.74) is -0.640. The molecule has 3 heteroatoms. The van der Waals surface area contributed by atoms with E-state index in [9.17, 15) is 5.11 Å². The van der Waals surface area contributed by atoms with Crippen LogP contribution in [0.1, 0.15) is 20.3 Å². The average molecular weight is 190 g/mol. The SMILES string of the molecule is COCC1(O)CSCCC1(C)C. The summed E-state index contributed by atoms with van der Waals surface area (Å²) >= 11 is 1.81. The summed E-state index contributed by atoms with van der Waals surface area (Å²) in [6, 6.07) is 0. The van der Waals surface area contributed by atoms with Gasteiger partial charge >= 0.3 is 0 Å². The van der Waals surface area contributed by atoms with Crippen LogP contribution >= 0.6 is 11.8 Å². The van der Waals surface area contributed by atoms with Gasteiger partial charge in [0.15, 0.2) is 0 Å². The van der Waals surface area contributed by atoms with E-state index in [0.29, 0.717) is 6.61 Å². The van der Waals surface area contributed by atoms with Crippen molar-refractivity contribution in [2.24, 2.45) is 5.41 Å². The molecule has 1 N–H and O–H groups in total. The third-order valence-electron chi connectivity index (χ3n) is 2.86. The van der Waals surface area contributed by atoms with E-state index in [1.807, 2.05) is 11.8 Å². The molecule has 1 unspecified atom stereocenters. The molecule has 0 saturated carbocycles. The van der Waals surface area contributed by atoms with Crippen LogP contribution in [0.5, 0.6) is 0 Å². The second kappa shape index (κ2) is 3.56. The zero-order chi connectivity index (χ0) is 9.24. The third-order valence-corrected chi connectivity index (χ3v) is 4.03. The zero-order valence-corrected chi connectivity index (χ0v) is 8.91. The average Bonchev–Trinajstić information content (AvgIpc) is 1.96. The lowest BCUT2D eigenvalue weighted by Gasteiger charge is -2.45. The zero-order valence-electron chi connectivity index (χ0n) is 8.09. The van der Waals surface area contributed by atoms with Crippen LogP contribution in [0.4, 0.5) is 0 Å². The molecule has 0 bridgehead atoms. The Labute approximate surface area is 78.7 Å². The van der Waals surface area contributed by atoms with Crippen molar-refractivity contribution in [1.82, 2.24) is 0 Å². The standard InChI is InChI=1S/C9H18O2S/c1-8(2)4-5-12-7-9(8,10)6-11-3/h10H,4-7H2,1-3H3. The molecular formula is C9H18O2S. The second-order valence-electron chi connectivity index (χ2n) is 4.15. The summed E-state index contributed by atoms with van der Waals surface area (Å²) in [5, 5.41) is 10.3. The van der Waals surface area contributed by atoms with Gasteiger partial charge in [0.05, 0.1) is 6.61 Å². The minimum absolute atomic E-state index is 0.00569. The molecule has 0 aromatic heterocycles. The molecule has 1 atom stereocenters. The van der Waals surface area contributed by atoms with Gasteiger partial charge in [-0.2, -0.15) is 11.8 Å². The van der Waals surface area contributed by atoms with Gasteiger partial charge in [-0.15, -0.1) is 0 Å². The summed E-state index contributed by atoms with van der Waals surface area (Å²) in [6.07, 6.45) is 1.07. The number of methoxy groups -OCH3 is 1. The van der Waals surface area contributed by atoms with Crippen LogP contribution in [0.25, 0.3) is 0 Å². The number of thioether (sulfide) groups is 1. The van der Waals surface area contributed by atoms with Crippen molar-refractivity contribution in [3.8, 4) is 0 Å². The Hall–Kier alpha value is 0.270. The fraction of sp³-hybridized carbons (Fsp3) is 1.00. The van der Waals surface area contributed by atoms with Gasteiger partial charge in [0.1, 0.15) is 5.60 Å². The Morgan fingerprint density at radius 1 is 1.50 bits per heavy atom. The predicted octanol–water partition coefficient (Wildman–Crippen LogP) is 1.53. The molecule has 1 fully saturated rings. The monoisotopic (exact) mass is 190 g/mol. The van der Waals surface area contributed by atoms with Gasteiger partial charge in [0.25, 0.3) is 0 Å². The van der Waals surface area contributed by atoms with Crippen LogP contribution in [0.2, 0.25) is 0 Å². The van der Waals surface area contributed by atoms with Crippen LogP contribution in [-0.2, 0) is 4.74 Å². The van der Waals surface area contributed by atoms with Crippen molar-refractivity contribution in [3.05, 3.63) is 0 Å². The molecule has 2 nitrogen and oxygen atoms in total. The van der Waals surface area contributed by atoms with E-state index in [-0.39, 0.29) is 5.41 Å². The van der Waals surface area contributed by atoms with Crippen molar-refractivity contribution in [2.45, 2.75) is 25.9 Å². The molecule has 0 radical (unpaired) electrons. The smallest absolute Gasteiger partial charge is 0.102 e.